The molecule has 3 unspecified atom stereocenters. The molecule has 3 atom stereocenters. The molecule has 2 heteroatoms. The molecule has 1 fully saturated rings. The number of hydrogen-bond donors (Lipinski definition) is 1. The number of rotatable bonds is 3. The highest BCUT2D eigenvalue weighted by atomic mass is 16.3. The van der Waals surface area contributed by atoms with Crippen molar-refractivity contribution in [3.63, 3.8) is 0 Å². The molecule has 1 saturated carbocycles. The lowest BCUT2D eigenvalue weighted by Gasteiger charge is -2.26. The minimum Gasteiger partial charge on any atom is -0.393 e. The van der Waals surface area contributed by atoms with Crippen LogP contribution in [-0.2, 0) is 0 Å². The molecule has 0 aromatic heterocycles. The summed E-state index contributed by atoms with van der Waals surface area (Å²) in [6, 6.07) is 0.586. The molecule has 0 amide bonds. The Kier molecular flexibility index (Phi) is 3.74. The molecule has 2 nitrogen and oxygen atoms in total. The van der Waals surface area contributed by atoms with Gasteiger partial charge in [0, 0.05) is 12.6 Å². The first-order chi connectivity index (χ1) is 6.02. The van der Waals surface area contributed by atoms with Crippen LogP contribution >= 0.6 is 0 Å². The fraction of sp³-hybridized carbons (Fsp3) is 1.00. The zero-order valence-corrected chi connectivity index (χ0v) is 9.33. The topological polar surface area (TPSA) is 23.5 Å². The van der Waals surface area contributed by atoms with Gasteiger partial charge in [-0.25, -0.2) is 0 Å². The van der Waals surface area contributed by atoms with E-state index in [2.05, 4.69) is 32.7 Å². The second kappa shape index (κ2) is 4.43. The Morgan fingerprint density at radius 3 is 2.38 bits per heavy atom. The highest BCUT2D eigenvalue weighted by Crippen LogP contribution is 2.31. The highest BCUT2D eigenvalue weighted by molar-refractivity contribution is 4.84. The third kappa shape index (κ3) is 2.68. The molecule has 1 aliphatic rings. The zero-order chi connectivity index (χ0) is 10.0. The van der Waals surface area contributed by atoms with Gasteiger partial charge in [0.15, 0.2) is 0 Å². The Morgan fingerprint density at radius 1 is 1.38 bits per heavy atom. The summed E-state index contributed by atoms with van der Waals surface area (Å²) < 4.78 is 0. The Hall–Kier alpha value is -0.0800. The largest absolute Gasteiger partial charge is 0.393 e. The molecule has 0 saturated heterocycles. The van der Waals surface area contributed by atoms with Crippen molar-refractivity contribution in [3.05, 3.63) is 0 Å². The third-order valence-electron chi connectivity index (χ3n) is 3.46. The molecule has 0 aliphatic heterocycles. The van der Waals surface area contributed by atoms with Gasteiger partial charge < -0.3 is 10.0 Å². The summed E-state index contributed by atoms with van der Waals surface area (Å²) >= 11 is 0. The monoisotopic (exact) mass is 185 g/mol. The van der Waals surface area contributed by atoms with E-state index >= 15 is 0 Å². The van der Waals surface area contributed by atoms with Crippen molar-refractivity contribution in [2.45, 2.75) is 45.8 Å². The summed E-state index contributed by atoms with van der Waals surface area (Å²) in [6.07, 6.45) is 2.32. The van der Waals surface area contributed by atoms with Crippen LogP contribution in [0.4, 0.5) is 0 Å². The van der Waals surface area contributed by atoms with Crippen molar-refractivity contribution in [1.82, 2.24) is 4.90 Å². The summed E-state index contributed by atoms with van der Waals surface area (Å²) in [4.78, 5) is 2.33. The van der Waals surface area contributed by atoms with Crippen LogP contribution in [0.2, 0.25) is 0 Å². The molecule has 0 heterocycles. The maximum Gasteiger partial charge on any atom is 0.0606 e. The zero-order valence-electron chi connectivity index (χ0n) is 9.33. The molecule has 78 valence electrons. The molecular formula is C11H23NO. The van der Waals surface area contributed by atoms with Gasteiger partial charge in [0.2, 0.25) is 0 Å². The molecular weight excluding hydrogens is 162 g/mol. The van der Waals surface area contributed by atoms with Gasteiger partial charge in [-0.1, -0.05) is 6.92 Å². The van der Waals surface area contributed by atoms with Crippen LogP contribution in [0.25, 0.3) is 0 Å². The minimum absolute atomic E-state index is 0.0683. The smallest absolute Gasteiger partial charge is 0.0606 e. The first-order valence-corrected chi connectivity index (χ1v) is 5.40. The van der Waals surface area contributed by atoms with E-state index in [1.54, 1.807) is 0 Å². The van der Waals surface area contributed by atoms with Crippen molar-refractivity contribution in [3.8, 4) is 0 Å². The summed E-state index contributed by atoms with van der Waals surface area (Å²) in [7, 11) is 2.14. The lowest BCUT2D eigenvalue weighted by atomic mass is 10.0. The summed E-state index contributed by atoms with van der Waals surface area (Å²) in [5, 5.41) is 9.86. The second-order valence-corrected chi connectivity index (χ2v) is 4.84. The predicted octanol–water partition coefficient (Wildman–Crippen LogP) is 1.73. The molecule has 1 aliphatic carbocycles. The standard InChI is InChI=1S/C11H23NO/c1-8(2)12(4)7-10-6-5-9(3)11(10)13/h8-11,13H,5-7H2,1-4H3. The number of aliphatic hydroxyl groups excluding tert-OH is 1. The molecule has 1 rings (SSSR count). The van der Waals surface area contributed by atoms with Gasteiger partial charge in [-0.05, 0) is 45.6 Å². The maximum atomic E-state index is 9.86. The molecule has 0 radical (unpaired) electrons. The number of hydrogen-bond acceptors (Lipinski definition) is 2. The van der Waals surface area contributed by atoms with E-state index < -0.39 is 0 Å². The normalized spacial score (nSPS) is 34.8. The quantitative estimate of drug-likeness (QED) is 0.724. The lowest BCUT2D eigenvalue weighted by molar-refractivity contribution is 0.0752. The molecule has 13 heavy (non-hydrogen) atoms. The Labute approximate surface area is 81.9 Å². The summed E-state index contributed by atoms with van der Waals surface area (Å²) in [5.41, 5.74) is 0. The molecule has 0 spiro atoms. The van der Waals surface area contributed by atoms with E-state index in [4.69, 9.17) is 0 Å². The molecule has 0 aromatic carbocycles. The van der Waals surface area contributed by atoms with Crippen molar-refractivity contribution in [1.29, 1.82) is 0 Å². The van der Waals surface area contributed by atoms with E-state index in [0.717, 1.165) is 6.54 Å². The Morgan fingerprint density at radius 2 is 2.00 bits per heavy atom. The Bertz CT molecular complexity index is 158. The van der Waals surface area contributed by atoms with Gasteiger partial charge in [0.1, 0.15) is 0 Å². The lowest BCUT2D eigenvalue weighted by Crippen LogP contribution is -2.35. The van der Waals surface area contributed by atoms with Crippen molar-refractivity contribution in [2.75, 3.05) is 13.6 Å². The van der Waals surface area contributed by atoms with Crippen LogP contribution < -0.4 is 0 Å². The van der Waals surface area contributed by atoms with Crippen LogP contribution in [0.1, 0.15) is 33.6 Å². The first-order valence-electron chi connectivity index (χ1n) is 5.40. The Balaban J connectivity index is 2.37. The predicted molar refractivity (Wildman–Crippen MR) is 55.7 cm³/mol. The highest BCUT2D eigenvalue weighted by Gasteiger charge is 2.32. The van der Waals surface area contributed by atoms with Gasteiger partial charge in [-0.3, -0.25) is 0 Å². The van der Waals surface area contributed by atoms with Crippen LogP contribution in [0.15, 0.2) is 0 Å². The van der Waals surface area contributed by atoms with Crippen LogP contribution in [0, 0.1) is 11.8 Å². The fourth-order valence-corrected chi connectivity index (χ4v) is 2.06. The third-order valence-corrected chi connectivity index (χ3v) is 3.46. The minimum atomic E-state index is -0.0683. The van der Waals surface area contributed by atoms with Gasteiger partial charge in [-0.2, -0.15) is 0 Å². The van der Waals surface area contributed by atoms with Gasteiger partial charge in [-0.15, -0.1) is 0 Å². The molecule has 0 bridgehead atoms. The van der Waals surface area contributed by atoms with Gasteiger partial charge in [0.05, 0.1) is 6.10 Å². The maximum absolute atomic E-state index is 9.86. The number of aliphatic hydroxyl groups is 1. The van der Waals surface area contributed by atoms with E-state index in [0.29, 0.717) is 17.9 Å². The SMILES string of the molecule is CC1CCC(CN(C)C(C)C)C1O. The van der Waals surface area contributed by atoms with E-state index in [1.165, 1.54) is 12.8 Å². The van der Waals surface area contributed by atoms with E-state index in [9.17, 15) is 5.11 Å². The van der Waals surface area contributed by atoms with Crippen molar-refractivity contribution >= 4 is 0 Å². The summed E-state index contributed by atoms with van der Waals surface area (Å²) in [5.74, 6) is 1.01. The average molecular weight is 185 g/mol. The second-order valence-electron chi connectivity index (χ2n) is 4.84. The fourth-order valence-electron chi connectivity index (χ4n) is 2.06. The molecule has 1 N–H and O–H groups in total. The average Bonchev–Trinajstić information content (AvgIpc) is 2.36. The summed E-state index contributed by atoms with van der Waals surface area (Å²) in [6.45, 7) is 7.60. The first kappa shape index (κ1) is 11.0. The van der Waals surface area contributed by atoms with Crippen LogP contribution in [-0.4, -0.2) is 35.7 Å². The van der Waals surface area contributed by atoms with Gasteiger partial charge >= 0.3 is 0 Å². The van der Waals surface area contributed by atoms with Crippen molar-refractivity contribution in [2.24, 2.45) is 11.8 Å². The van der Waals surface area contributed by atoms with E-state index in [-0.39, 0.29) is 6.10 Å². The molecule has 0 aromatic rings. The van der Waals surface area contributed by atoms with E-state index in [1.807, 2.05) is 0 Å². The van der Waals surface area contributed by atoms with Crippen LogP contribution in [0.3, 0.4) is 0 Å². The van der Waals surface area contributed by atoms with Crippen LogP contribution in [0.5, 0.6) is 0 Å². The number of nitrogens with zero attached hydrogens (tertiary/aromatic N) is 1. The van der Waals surface area contributed by atoms with Gasteiger partial charge in [0.25, 0.3) is 0 Å². The van der Waals surface area contributed by atoms with Crippen molar-refractivity contribution < 1.29 is 5.11 Å².